The third-order valence-corrected chi connectivity index (χ3v) is 2.78. The molecule has 0 radical (unpaired) electrons. The van der Waals surface area contributed by atoms with Crippen LogP contribution in [0.5, 0.6) is 5.75 Å². The number of aryl methyl sites for hydroxylation is 1. The van der Waals surface area contributed by atoms with Gasteiger partial charge in [-0.15, -0.1) is 0 Å². The lowest BCUT2D eigenvalue weighted by atomic mass is 10.2. The Balaban J connectivity index is 2.26. The van der Waals surface area contributed by atoms with Crippen molar-refractivity contribution in [1.29, 1.82) is 0 Å². The van der Waals surface area contributed by atoms with Gasteiger partial charge in [-0.25, -0.2) is 4.39 Å². The molecule has 104 valence electrons. The van der Waals surface area contributed by atoms with Crippen molar-refractivity contribution < 1.29 is 13.9 Å². The lowest BCUT2D eigenvalue weighted by molar-refractivity contribution is 0.102. The molecular formula is C14H13FN2O3. The van der Waals surface area contributed by atoms with Gasteiger partial charge in [-0.2, -0.15) is 0 Å². The van der Waals surface area contributed by atoms with E-state index in [9.17, 15) is 14.0 Å². The summed E-state index contributed by atoms with van der Waals surface area (Å²) in [7, 11) is 1.35. The molecule has 0 aliphatic rings. The van der Waals surface area contributed by atoms with Crippen LogP contribution in [-0.2, 0) is 0 Å². The number of anilines is 1. The fourth-order valence-corrected chi connectivity index (χ4v) is 1.70. The van der Waals surface area contributed by atoms with Crippen LogP contribution in [0, 0.1) is 12.7 Å². The Kier molecular flexibility index (Phi) is 3.84. The number of nitrogens with one attached hydrogen (secondary N) is 2. The molecule has 0 spiro atoms. The number of halogens is 1. The molecule has 20 heavy (non-hydrogen) atoms. The molecule has 1 aromatic heterocycles. The first-order valence-electron chi connectivity index (χ1n) is 5.85. The van der Waals surface area contributed by atoms with Crippen molar-refractivity contribution >= 4 is 11.6 Å². The molecule has 5 nitrogen and oxygen atoms in total. The third kappa shape index (κ3) is 2.69. The van der Waals surface area contributed by atoms with E-state index in [1.807, 2.05) is 0 Å². The molecule has 6 heteroatoms. The SMILES string of the molecule is COc1ccc(NC(=O)c2c[nH]cc(C)c2=O)cc1F. The van der Waals surface area contributed by atoms with Crippen molar-refractivity contribution in [2.75, 3.05) is 12.4 Å². The number of ether oxygens (including phenoxy) is 1. The zero-order valence-corrected chi connectivity index (χ0v) is 11.0. The van der Waals surface area contributed by atoms with Crippen LogP contribution in [0.2, 0.25) is 0 Å². The first-order chi connectivity index (χ1) is 9.52. The number of aromatic amines is 1. The van der Waals surface area contributed by atoms with Gasteiger partial charge < -0.3 is 15.0 Å². The summed E-state index contributed by atoms with van der Waals surface area (Å²) in [5, 5.41) is 2.46. The van der Waals surface area contributed by atoms with Crippen LogP contribution in [0.1, 0.15) is 15.9 Å². The van der Waals surface area contributed by atoms with Gasteiger partial charge in [0.25, 0.3) is 5.91 Å². The van der Waals surface area contributed by atoms with E-state index in [4.69, 9.17) is 4.74 Å². The zero-order chi connectivity index (χ0) is 14.7. The Morgan fingerprint density at radius 3 is 2.75 bits per heavy atom. The number of methoxy groups -OCH3 is 1. The molecule has 0 bridgehead atoms. The van der Waals surface area contributed by atoms with Crippen LogP contribution < -0.4 is 15.5 Å². The number of pyridine rings is 1. The van der Waals surface area contributed by atoms with Crippen molar-refractivity contribution in [3.8, 4) is 5.75 Å². The zero-order valence-electron chi connectivity index (χ0n) is 11.0. The number of carbonyl (C=O) groups excluding carboxylic acids is 1. The standard InChI is InChI=1S/C14H13FN2O3/c1-8-6-16-7-10(13(8)18)14(19)17-9-3-4-12(20-2)11(15)5-9/h3-7H,1-2H3,(H,16,18)(H,17,19). The summed E-state index contributed by atoms with van der Waals surface area (Å²) >= 11 is 0. The van der Waals surface area contributed by atoms with E-state index in [0.29, 0.717) is 5.56 Å². The van der Waals surface area contributed by atoms with E-state index < -0.39 is 11.7 Å². The fourth-order valence-electron chi connectivity index (χ4n) is 1.70. The van der Waals surface area contributed by atoms with Gasteiger partial charge in [-0.05, 0) is 19.1 Å². The largest absolute Gasteiger partial charge is 0.494 e. The molecule has 1 heterocycles. The van der Waals surface area contributed by atoms with Crippen LogP contribution in [-0.4, -0.2) is 18.0 Å². The summed E-state index contributed by atoms with van der Waals surface area (Å²) in [6, 6.07) is 4.01. The van der Waals surface area contributed by atoms with E-state index in [0.717, 1.165) is 6.07 Å². The molecule has 0 atom stereocenters. The second-order valence-corrected chi connectivity index (χ2v) is 4.18. The van der Waals surface area contributed by atoms with E-state index >= 15 is 0 Å². The van der Waals surface area contributed by atoms with Crippen molar-refractivity contribution in [3.05, 3.63) is 57.8 Å². The van der Waals surface area contributed by atoms with Crippen LogP contribution in [0.15, 0.2) is 35.4 Å². The van der Waals surface area contributed by atoms with E-state index in [1.165, 1.54) is 31.6 Å². The van der Waals surface area contributed by atoms with Crippen molar-refractivity contribution in [2.45, 2.75) is 6.92 Å². The van der Waals surface area contributed by atoms with Gasteiger partial charge in [0.2, 0.25) is 0 Å². The third-order valence-electron chi connectivity index (χ3n) is 2.78. The number of carbonyl (C=O) groups is 1. The highest BCUT2D eigenvalue weighted by molar-refractivity contribution is 6.04. The smallest absolute Gasteiger partial charge is 0.261 e. The Labute approximate surface area is 114 Å². The van der Waals surface area contributed by atoms with Crippen molar-refractivity contribution in [1.82, 2.24) is 4.98 Å². The first kappa shape index (κ1) is 13.8. The summed E-state index contributed by atoms with van der Waals surface area (Å²) in [6.45, 7) is 1.60. The molecule has 0 fully saturated rings. The molecule has 2 rings (SSSR count). The minimum absolute atomic E-state index is 0.0266. The molecule has 2 aromatic rings. The highest BCUT2D eigenvalue weighted by Gasteiger charge is 2.12. The predicted octanol–water partition coefficient (Wildman–Crippen LogP) is 2.08. The average Bonchev–Trinajstić information content (AvgIpc) is 2.42. The average molecular weight is 276 g/mol. The fraction of sp³-hybridized carbons (Fsp3) is 0.143. The minimum Gasteiger partial charge on any atom is -0.494 e. The van der Waals surface area contributed by atoms with Crippen molar-refractivity contribution in [3.63, 3.8) is 0 Å². The molecule has 0 aliphatic carbocycles. The topological polar surface area (TPSA) is 71.2 Å². The monoisotopic (exact) mass is 276 g/mol. The van der Waals surface area contributed by atoms with Crippen LogP contribution in [0.4, 0.5) is 10.1 Å². The lowest BCUT2D eigenvalue weighted by Crippen LogP contribution is -2.23. The number of hydrogen-bond donors (Lipinski definition) is 2. The quantitative estimate of drug-likeness (QED) is 0.901. The molecule has 0 saturated heterocycles. The number of benzene rings is 1. The van der Waals surface area contributed by atoms with Gasteiger partial charge in [-0.3, -0.25) is 9.59 Å². The summed E-state index contributed by atoms with van der Waals surface area (Å²) in [5.74, 6) is -1.11. The molecule has 1 amide bonds. The molecule has 0 saturated carbocycles. The number of rotatable bonds is 3. The highest BCUT2D eigenvalue weighted by atomic mass is 19.1. The van der Waals surface area contributed by atoms with Gasteiger partial charge >= 0.3 is 0 Å². The van der Waals surface area contributed by atoms with Gasteiger partial charge in [0.05, 0.1) is 7.11 Å². The van der Waals surface area contributed by atoms with Gasteiger partial charge in [-0.1, -0.05) is 0 Å². The lowest BCUT2D eigenvalue weighted by Gasteiger charge is -2.07. The number of hydrogen-bond acceptors (Lipinski definition) is 3. The predicted molar refractivity (Wildman–Crippen MR) is 72.7 cm³/mol. The van der Waals surface area contributed by atoms with Gasteiger partial charge in [0.1, 0.15) is 5.56 Å². The first-order valence-corrected chi connectivity index (χ1v) is 5.85. The summed E-state index contributed by atoms with van der Waals surface area (Å²) < 4.78 is 18.3. The number of H-pyrrole nitrogens is 1. The second-order valence-electron chi connectivity index (χ2n) is 4.18. The maximum absolute atomic E-state index is 13.5. The molecular weight excluding hydrogens is 263 g/mol. The number of amides is 1. The normalized spacial score (nSPS) is 10.2. The Morgan fingerprint density at radius 2 is 2.10 bits per heavy atom. The van der Waals surface area contributed by atoms with Crippen LogP contribution in [0.3, 0.4) is 0 Å². The molecule has 0 unspecified atom stereocenters. The maximum atomic E-state index is 13.5. The second kappa shape index (κ2) is 5.56. The Morgan fingerprint density at radius 1 is 1.35 bits per heavy atom. The highest BCUT2D eigenvalue weighted by Crippen LogP contribution is 2.20. The summed E-state index contributed by atoms with van der Waals surface area (Å²) in [5.41, 5.74) is 0.282. The molecule has 2 N–H and O–H groups in total. The maximum Gasteiger partial charge on any atom is 0.261 e. The summed E-state index contributed by atoms with van der Waals surface area (Å²) in [6.07, 6.45) is 2.82. The Hall–Kier alpha value is -2.63. The summed E-state index contributed by atoms with van der Waals surface area (Å²) in [4.78, 5) is 26.5. The van der Waals surface area contributed by atoms with Crippen LogP contribution in [0.25, 0.3) is 0 Å². The van der Waals surface area contributed by atoms with Crippen molar-refractivity contribution in [2.24, 2.45) is 0 Å². The Bertz CT molecular complexity index is 710. The molecule has 0 aliphatic heterocycles. The minimum atomic E-state index is -0.598. The van der Waals surface area contributed by atoms with E-state index in [-0.39, 0.29) is 22.4 Å². The molecule has 1 aromatic carbocycles. The van der Waals surface area contributed by atoms with E-state index in [1.54, 1.807) is 6.92 Å². The van der Waals surface area contributed by atoms with Crippen LogP contribution >= 0.6 is 0 Å². The van der Waals surface area contributed by atoms with E-state index in [2.05, 4.69) is 10.3 Å². The number of aromatic nitrogens is 1. The van der Waals surface area contributed by atoms with Gasteiger partial charge in [0, 0.05) is 29.7 Å². The van der Waals surface area contributed by atoms with Gasteiger partial charge in [0.15, 0.2) is 17.0 Å².